The van der Waals surface area contributed by atoms with Crippen LogP contribution in [0.4, 0.5) is 4.39 Å². The van der Waals surface area contributed by atoms with E-state index in [0.29, 0.717) is 19.4 Å². The summed E-state index contributed by atoms with van der Waals surface area (Å²) in [6, 6.07) is 5.47. The Balaban J connectivity index is 2.35. The van der Waals surface area contributed by atoms with Crippen molar-refractivity contribution in [3.8, 4) is 0 Å². The molecule has 1 aliphatic heterocycles. The highest BCUT2D eigenvalue weighted by molar-refractivity contribution is 7.92. The molecule has 0 aromatic heterocycles. The molecular formula is C11H13FO3S. The molecule has 1 heterocycles. The molecule has 3 nitrogen and oxygen atoms in total. The summed E-state index contributed by atoms with van der Waals surface area (Å²) >= 11 is 0. The summed E-state index contributed by atoms with van der Waals surface area (Å²) in [5.74, 6) is -0.687. The Morgan fingerprint density at radius 3 is 2.69 bits per heavy atom. The van der Waals surface area contributed by atoms with E-state index in [1.54, 1.807) is 0 Å². The summed E-state index contributed by atoms with van der Waals surface area (Å²) in [4.78, 5) is -0.217. The summed E-state index contributed by atoms with van der Waals surface area (Å²) in [6.45, 7) is 0.750. The Morgan fingerprint density at radius 2 is 2.06 bits per heavy atom. The van der Waals surface area contributed by atoms with Crippen LogP contribution in [0.2, 0.25) is 0 Å². The minimum atomic E-state index is -3.59. The Hall–Kier alpha value is -0.940. The van der Waals surface area contributed by atoms with Gasteiger partial charge in [-0.05, 0) is 25.0 Å². The minimum Gasteiger partial charge on any atom is -0.380 e. The molecule has 1 saturated heterocycles. The quantitative estimate of drug-likeness (QED) is 0.796. The normalized spacial score (nSPS) is 21.9. The fraction of sp³-hybridized carbons (Fsp3) is 0.455. The van der Waals surface area contributed by atoms with Crippen LogP contribution in [-0.4, -0.2) is 26.9 Å². The highest BCUT2D eigenvalue weighted by Gasteiger charge is 2.31. The van der Waals surface area contributed by atoms with Crippen LogP contribution in [0.3, 0.4) is 0 Å². The summed E-state index contributed by atoms with van der Waals surface area (Å²) in [7, 11) is -3.59. The predicted octanol–water partition coefficient (Wildman–Crippen LogP) is 1.78. The zero-order chi connectivity index (χ0) is 11.6. The third-order valence-corrected chi connectivity index (χ3v) is 4.89. The smallest absolute Gasteiger partial charge is 0.186 e. The molecule has 1 unspecified atom stereocenters. The largest absolute Gasteiger partial charge is 0.380 e. The Bertz CT molecular complexity index is 464. The van der Waals surface area contributed by atoms with E-state index >= 15 is 0 Å². The number of ether oxygens (including phenoxy) is 1. The van der Waals surface area contributed by atoms with Gasteiger partial charge in [-0.2, -0.15) is 0 Å². The van der Waals surface area contributed by atoms with Crippen LogP contribution < -0.4 is 0 Å². The van der Waals surface area contributed by atoms with Crippen molar-refractivity contribution in [3.05, 3.63) is 30.1 Å². The van der Waals surface area contributed by atoms with Crippen molar-refractivity contribution < 1.29 is 17.5 Å². The molecule has 2 rings (SSSR count). The van der Waals surface area contributed by atoms with Crippen molar-refractivity contribution in [2.75, 3.05) is 13.2 Å². The monoisotopic (exact) mass is 244 g/mol. The van der Waals surface area contributed by atoms with Crippen LogP contribution in [0.1, 0.15) is 12.8 Å². The fourth-order valence-electron chi connectivity index (χ4n) is 1.81. The summed E-state index contributed by atoms with van der Waals surface area (Å²) in [5.41, 5.74) is 0. The van der Waals surface area contributed by atoms with Gasteiger partial charge in [0.2, 0.25) is 0 Å². The molecule has 1 atom stereocenters. The molecular weight excluding hydrogens is 231 g/mol. The van der Waals surface area contributed by atoms with E-state index in [2.05, 4.69) is 0 Å². The SMILES string of the molecule is O=S(=O)(c1ccccc1F)C1CCCOC1. The van der Waals surface area contributed by atoms with Gasteiger partial charge in [0.25, 0.3) is 0 Å². The van der Waals surface area contributed by atoms with Gasteiger partial charge in [-0.25, -0.2) is 12.8 Å². The van der Waals surface area contributed by atoms with E-state index in [9.17, 15) is 12.8 Å². The first-order valence-electron chi connectivity index (χ1n) is 5.18. The number of halogens is 1. The van der Waals surface area contributed by atoms with Crippen molar-refractivity contribution in [1.29, 1.82) is 0 Å². The number of sulfone groups is 1. The molecule has 1 aliphatic rings. The van der Waals surface area contributed by atoms with E-state index < -0.39 is 20.9 Å². The maximum atomic E-state index is 13.4. The van der Waals surface area contributed by atoms with Crippen molar-refractivity contribution in [2.45, 2.75) is 23.0 Å². The van der Waals surface area contributed by atoms with Gasteiger partial charge in [0.05, 0.1) is 11.9 Å². The standard InChI is InChI=1S/C11H13FO3S/c12-10-5-1-2-6-11(10)16(13,14)9-4-3-7-15-8-9/h1-2,5-6,9H,3-4,7-8H2. The average molecular weight is 244 g/mol. The lowest BCUT2D eigenvalue weighted by molar-refractivity contribution is 0.0990. The average Bonchev–Trinajstić information content (AvgIpc) is 2.30. The zero-order valence-electron chi connectivity index (χ0n) is 8.73. The van der Waals surface area contributed by atoms with Crippen molar-refractivity contribution >= 4 is 9.84 Å². The van der Waals surface area contributed by atoms with Gasteiger partial charge < -0.3 is 4.74 Å². The predicted molar refractivity (Wildman–Crippen MR) is 57.4 cm³/mol. The molecule has 0 amide bonds. The van der Waals surface area contributed by atoms with Crippen LogP contribution in [-0.2, 0) is 14.6 Å². The summed E-state index contributed by atoms with van der Waals surface area (Å²) in [5, 5.41) is -0.613. The number of hydrogen-bond acceptors (Lipinski definition) is 3. The molecule has 88 valence electrons. The molecule has 1 fully saturated rings. The molecule has 1 aromatic carbocycles. The molecule has 0 radical (unpaired) electrons. The van der Waals surface area contributed by atoms with E-state index in [-0.39, 0.29) is 11.5 Å². The van der Waals surface area contributed by atoms with Gasteiger partial charge in [-0.1, -0.05) is 12.1 Å². The van der Waals surface area contributed by atoms with E-state index in [1.165, 1.54) is 18.2 Å². The third-order valence-electron chi connectivity index (χ3n) is 2.70. The lowest BCUT2D eigenvalue weighted by Gasteiger charge is -2.22. The van der Waals surface area contributed by atoms with Gasteiger partial charge in [0.1, 0.15) is 10.7 Å². The molecule has 0 spiro atoms. The maximum absolute atomic E-state index is 13.4. The number of hydrogen-bond donors (Lipinski definition) is 0. The Kier molecular flexibility index (Phi) is 3.25. The van der Waals surface area contributed by atoms with Crippen LogP contribution in [0.5, 0.6) is 0 Å². The summed E-state index contributed by atoms with van der Waals surface area (Å²) < 4.78 is 42.7. The third kappa shape index (κ3) is 2.10. The van der Waals surface area contributed by atoms with Gasteiger partial charge in [-0.15, -0.1) is 0 Å². The second-order valence-electron chi connectivity index (χ2n) is 3.81. The lowest BCUT2D eigenvalue weighted by Crippen LogP contribution is -2.31. The van der Waals surface area contributed by atoms with Crippen molar-refractivity contribution in [2.24, 2.45) is 0 Å². The van der Waals surface area contributed by atoms with Crippen LogP contribution in [0, 0.1) is 5.82 Å². The zero-order valence-corrected chi connectivity index (χ0v) is 9.54. The van der Waals surface area contributed by atoms with Gasteiger partial charge in [0.15, 0.2) is 9.84 Å². The molecule has 0 N–H and O–H groups in total. The van der Waals surface area contributed by atoms with Crippen molar-refractivity contribution in [1.82, 2.24) is 0 Å². The Labute approximate surface area is 94.2 Å². The molecule has 5 heteroatoms. The first kappa shape index (κ1) is 11.5. The highest BCUT2D eigenvalue weighted by atomic mass is 32.2. The first-order valence-corrected chi connectivity index (χ1v) is 6.73. The van der Waals surface area contributed by atoms with E-state index in [4.69, 9.17) is 4.74 Å². The lowest BCUT2D eigenvalue weighted by atomic mass is 10.2. The van der Waals surface area contributed by atoms with Crippen LogP contribution in [0.15, 0.2) is 29.2 Å². The fourth-order valence-corrected chi connectivity index (χ4v) is 3.53. The molecule has 16 heavy (non-hydrogen) atoms. The first-order chi connectivity index (χ1) is 7.62. The van der Waals surface area contributed by atoms with Crippen LogP contribution in [0.25, 0.3) is 0 Å². The molecule has 0 bridgehead atoms. The number of benzene rings is 1. The second kappa shape index (κ2) is 4.51. The molecule has 0 saturated carbocycles. The van der Waals surface area contributed by atoms with E-state index in [1.807, 2.05) is 0 Å². The van der Waals surface area contributed by atoms with Gasteiger partial charge in [-0.3, -0.25) is 0 Å². The summed E-state index contributed by atoms with van der Waals surface area (Å²) in [6.07, 6.45) is 1.25. The van der Waals surface area contributed by atoms with E-state index in [0.717, 1.165) is 6.07 Å². The van der Waals surface area contributed by atoms with Gasteiger partial charge in [0, 0.05) is 6.61 Å². The minimum absolute atomic E-state index is 0.163. The Morgan fingerprint density at radius 1 is 1.31 bits per heavy atom. The second-order valence-corrected chi connectivity index (χ2v) is 6.01. The highest BCUT2D eigenvalue weighted by Crippen LogP contribution is 2.24. The van der Waals surface area contributed by atoms with Gasteiger partial charge >= 0.3 is 0 Å². The topological polar surface area (TPSA) is 43.4 Å². The number of rotatable bonds is 2. The maximum Gasteiger partial charge on any atom is 0.186 e. The molecule has 1 aromatic rings. The van der Waals surface area contributed by atoms with Crippen LogP contribution >= 0.6 is 0 Å². The molecule has 0 aliphatic carbocycles. The van der Waals surface area contributed by atoms with Crippen molar-refractivity contribution in [3.63, 3.8) is 0 Å².